The van der Waals surface area contributed by atoms with Crippen molar-refractivity contribution in [3.63, 3.8) is 0 Å². The normalized spacial score (nSPS) is 17.9. The second-order valence-electron chi connectivity index (χ2n) is 7.56. The van der Waals surface area contributed by atoms with Crippen molar-refractivity contribution in [2.75, 3.05) is 18.6 Å². The second kappa shape index (κ2) is 14.3. The Kier molecular flexibility index (Phi) is 12.2. The van der Waals surface area contributed by atoms with Crippen LogP contribution in [0.2, 0.25) is 0 Å². The molecule has 13 nitrogen and oxygen atoms in total. The van der Waals surface area contributed by atoms with Gasteiger partial charge >= 0.3 is 11.9 Å². The van der Waals surface area contributed by atoms with E-state index in [9.17, 15) is 28.8 Å². The second-order valence-corrected chi connectivity index (χ2v) is 8.54. The van der Waals surface area contributed by atoms with E-state index >= 15 is 0 Å². The topological polar surface area (TPSA) is 217 Å². The van der Waals surface area contributed by atoms with Crippen LogP contribution in [0.15, 0.2) is 0 Å². The number of nitrogens with two attached hydrogens (primary N) is 1. The fourth-order valence-corrected chi connectivity index (χ4v) is 3.63. The van der Waals surface area contributed by atoms with Crippen molar-refractivity contribution in [3.05, 3.63) is 0 Å². The van der Waals surface area contributed by atoms with Crippen molar-refractivity contribution in [2.24, 2.45) is 5.73 Å². The van der Waals surface area contributed by atoms with Gasteiger partial charge in [0.1, 0.15) is 18.1 Å². The molecule has 8 N–H and O–H groups in total. The van der Waals surface area contributed by atoms with Gasteiger partial charge in [-0.05, 0) is 44.2 Å². The van der Waals surface area contributed by atoms with Crippen molar-refractivity contribution in [1.29, 1.82) is 0 Å². The number of aliphatic carboxylic acids is 2. The van der Waals surface area contributed by atoms with Crippen LogP contribution in [0.25, 0.3) is 0 Å². The SMILES string of the molecule is CSCCC(NC(=O)C(CCC(N)=O)NC(=O)C1CCCN1)C(=O)NC(CC(=O)O)C(=O)O. The molecule has 0 radical (unpaired) electrons. The lowest BCUT2D eigenvalue weighted by molar-refractivity contribution is -0.147. The van der Waals surface area contributed by atoms with E-state index in [-0.39, 0.29) is 19.3 Å². The molecule has 0 aromatic carbocycles. The summed E-state index contributed by atoms with van der Waals surface area (Å²) in [5.41, 5.74) is 5.17. The maximum atomic E-state index is 12.9. The molecule has 14 heteroatoms. The van der Waals surface area contributed by atoms with Gasteiger partial charge in [0.05, 0.1) is 12.5 Å². The van der Waals surface area contributed by atoms with Crippen LogP contribution < -0.4 is 27.0 Å². The summed E-state index contributed by atoms with van der Waals surface area (Å²) in [6.07, 6.45) is 2.18. The predicted molar refractivity (Wildman–Crippen MR) is 118 cm³/mol. The van der Waals surface area contributed by atoms with Crippen LogP contribution in [-0.2, 0) is 28.8 Å². The Bertz CT molecular complexity index is 744. The Balaban J connectivity index is 2.92. The highest BCUT2D eigenvalue weighted by Crippen LogP contribution is 2.08. The minimum absolute atomic E-state index is 0.0900. The van der Waals surface area contributed by atoms with E-state index in [1.54, 1.807) is 6.26 Å². The van der Waals surface area contributed by atoms with E-state index in [0.29, 0.717) is 18.7 Å². The number of carbonyl (C=O) groups excluding carboxylic acids is 4. The zero-order valence-electron chi connectivity index (χ0n) is 18.3. The molecular weight excluding hydrogens is 458 g/mol. The lowest BCUT2D eigenvalue weighted by Crippen LogP contribution is -2.57. The first-order valence-electron chi connectivity index (χ1n) is 10.4. The average Bonchev–Trinajstić information content (AvgIpc) is 3.27. The Morgan fingerprint density at radius 3 is 2.09 bits per heavy atom. The molecule has 0 aliphatic carbocycles. The molecule has 0 aromatic heterocycles. The third kappa shape index (κ3) is 10.5. The molecule has 1 aliphatic heterocycles. The van der Waals surface area contributed by atoms with E-state index in [4.69, 9.17) is 15.9 Å². The Morgan fingerprint density at radius 2 is 1.61 bits per heavy atom. The lowest BCUT2D eigenvalue weighted by Gasteiger charge is -2.25. The van der Waals surface area contributed by atoms with E-state index in [2.05, 4.69) is 21.3 Å². The third-order valence-corrected chi connectivity index (χ3v) is 5.57. The number of hydrogen-bond acceptors (Lipinski definition) is 8. The zero-order valence-corrected chi connectivity index (χ0v) is 19.1. The van der Waals surface area contributed by atoms with Crippen LogP contribution in [0, 0.1) is 0 Å². The van der Waals surface area contributed by atoms with Gasteiger partial charge in [-0.2, -0.15) is 11.8 Å². The highest BCUT2D eigenvalue weighted by Gasteiger charge is 2.32. The van der Waals surface area contributed by atoms with E-state index in [0.717, 1.165) is 6.42 Å². The highest BCUT2D eigenvalue weighted by molar-refractivity contribution is 7.98. The number of carbonyl (C=O) groups is 6. The van der Waals surface area contributed by atoms with Gasteiger partial charge in [-0.25, -0.2) is 4.79 Å². The quantitative estimate of drug-likeness (QED) is 0.131. The molecule has 1 saturated heterocycles. The van der Waals surface area contributed by atoms with Crippen molar-refractivity contribution < 1.29 is 39.0 Å². The molecular formula is C19H31N5O8S. The Labute approximate surface area is 195 Å². The van der Waals surface area contributed by atoms with Gasteiger partial charge in [-0.3, -0.25) is 24.0 Å². The molecule has 4 unspecified atom stereocenters. The van der Waals surface area contributed by atoms with Gasteiger partial charge in [0.2, 0.25) is 23.6 Å². The first-order chi connectivity index (χ1) is 15.5. The fourth-order valence-electron chi connectivity index (χ4n) is 3.16. The molecule has 4 atom stereocenters. The summed E-state index contributed by atoms with van der Waals surface area (Å²) in [6, 6.07) is -4.48. The standard InChI is InChI=1S/C19H31N5O8S/c1-33-8-6-12(18(30)24-13(19(31)32)9-15(26)27)23-17(29)11(4-5-14(20)25)22-16(28)10-3-2-7-21-10/h10-13,21H,2-9H2,1H3,(H2,20,25)(H,22,28)(H,23,29)(H,24,30)(H,26,27)(H,31,32). The minimum atomic E-state index is -1.68. The molecule has 1 aliphatic rings. The maximum Gasteiger partial charge on any atom is 0.326 e. The summed E-state index contributed by atoms with van der Waals surface area (Å²) in [5, 5.41) is 28.2. The summed E-state index contributed by atoms with van der Waals surface area (Å²) in [5.74, 6) is -5.22. The highest BCUT2D eigenvalue weighted by atomic mass is 32.2. The number of primary amides is 1. The molecule has 1 heterocycles. The Morgan fingerprint density at radius 1 is 1.00 bits per heavy atom. The summed E-state index contributed by atoms with van der Waals surface area (Å²) in [4.78, 5) is 71.3. The van der Waals surface area contributed by atoms with Crippen LogP contribution in [-0.4, -0.2) is 88.5 Å². The Hall–Kier alpha value is -2.87. The number of nitrogens with one attached hydrogen (secondary N) is 4. The van der Waals surface area contributed by atoms with Crippen LogP contribution in [0.3, 0.4) is 0 Å². The number of rotatable bonds is 15. The van der Waals surface area contributed by atoms with Gasteiger partial charge in [0.15, 0.2) is 0 Å². The van der Waals surface area contributed by atoms with Gasteiger partial charge in [-0.15, -0.1) is 0 Å². The predicted octanol–water partition coefficient (Wildman–Crippen LogP) is -2.23. The summed E-state index contributed by atoms with van der Waals surface area (Å²) in [6.45, 7) is 0.661. The summed E-state index contributed by atoms with van der Waals surface area (Å²) in [7, 11) is 0. The largest absolute Gasteiger partial charge is 0.481 e. The number of hydrogen-bond donors (Lipinski definition) is 7. The minimum Gasteiger partial charge on any atom is -0.481 e. The summed E-state index contributed by atoms with van der Waals surface area (Å²) >= 11 is 1.38. The summed E-state index contributed by atoms with van der Waals surface area (Å²) < 4.78 is 0. The maximum absolute atomic E-state index is 12.9. The molecule has 186 valence electrons. The van der Waals surface area contributed by atoms with Gasteiger partial charge < -0.3 is 37.2 Å². The molecule has 0 saturated carbocycles. The van der Waals surface area contributed by atoms with E-state index in [1.807, 2.05) is 0 Å². The van der Waals surface area contributed by atoms with Crippen molar-refractivity contribution in [2.45, 2.75) is 62.7 Å². The molecule has 4 amide bonds. The number of carboxylic acid groups (broad SMARTS) is 2. The fraction of sp³-hybridized carbons (Fsp3) is 0.684. The first kappa shape index (κ1) is 28.2. The van der Waals surface area contributed by atoms with E-state index in [1.165, 1.54) is 11.8 Å². The van der Waals surface area contributed by atoms with Gasteiger partial charge in [-0.1, -0.05) is 0 Å². The van der Waals surface area contributed by atoms with Crippen molar-refractivity contribution in [1.82, 2.24) is 21.3 Å². The van der Waals surface area contributed by atoms with Gasteiger partial charge in [0, 0.05) is 6.42 Å². The third-order valence-electron chi connectivity index (χ3n) is 4.93. The molecule has 1 fully saturated rings. The molecule has 33 heavy (non-hydrogen) atoms. The van der Waals surface area contributed by atoms with Crippen molar-refractivity contribution in [3.8, 4) is 0 Å². The van der Waals surface area contributed by atoms with Crippen LogP contribution in [0.1, 0.15) is 38.5 Å². The molecule has 1 rings (SSSR count). The molecule has 0 bridgehead atoms. The van der Waals surface area contributed by atoms with Crippen molar-refractivity contribution >= 4 is 47.3 Å². The molecule has 0 aromatic rings. The average molecular weight is 490 g/mol. The van der Waals surface area contributed by atoms with Crippen LogP contribution in [0.5, 0.6) is 0 Å². The molecule has 0 spiro atoms. The van der Waals surface area contributed by atoms with Gasteiger partial charge in [0.25, 0.3) is 0 Å². The number of thioether (sulfide) groups is 1. The zero-order chi connectivity index (χ0) is 25.0. The number of amides is 4. The monoisotopic (exact) mass is 489 g/mol. The van der Waals surface area contributed by atoms with Crippen LogP contribution >= 0.6 is 11.8 Å². The smallest absolute Gasteiger partial charge is 0.326 e. The number of carboxylic acids is 2. The lowest BCUT2D eigenvalue weighted by atomic mass is 10.1. The van der Waals surface area contributed by atoms with E-state index < -0.39 is 66.2 Å². The first-order valence-corrected chi connectivity index (χ1v) is 11.8. The van der Waals surface area contributed by atoms with Crippen LogP contribution in [0.4, 0.5) is 0 Å².